The van der Waals surface area contributed by atoms with Crippen LogP contribution >= 0.6 is 0 Å². The van der Waals surface area contributed by atoms with Crippen molar-refractivity contribution < 1.29 is 49.7 Å². The molecule has 0 radical (unpaired) electrons. The second kappa shape index (κ2) is 9.14. The van der Waals surface area contributed by atoms with E-state index < -0.39 is 71.5 Å². The van der Waals surface area contributed by atoms with Crippen molar-refractivity contribution in [3.05, 3.63) is 0 Å². The normalized spacial score (nSPS) is 42.7. The van der Waals surface area contributed by atoms with E-state index >= 15 is 13.2 Å². The van der Waals surface area contributed by atoms with Gasteiger partial charge in [0.2, 0.25) is 0 Å². The van der Waals surface area contributed by atoms with Crippen LogP contribution in [0.3, 0.4) is 0 Å². The summed E-state index contributed by atoms with van der Waals surface area (Å²) >= 11 is 0. The van der Waals surface area contributed by atoms with Crippen LogP contribution in [0.25, 0.3) is 0 Å². The highest BCUT2D eigenvalue weighted by Crippen LogP contribution is 2.68. The van der Waals surface area contributed by atoms with Crippen LogP contribution in [-0.2, 0) is 4.89 Å². The Kier molecular flexibility index (Phi) is 6.98. The topological polar surface area (TPSA) is 29.5 Å². The van der Waals surface area contributed by atoms with Crippen molar-refractivity contribution in [2.75, 3.05) is 0 Å². The molecule has 0 heterocycles. The molecule has 0 aromatic heterocycles. The fourth-order valence-corrected chi connectivity index (χ4v) is 10.6. The van der Waals surface area contributed by atoms with Gasteiger partial charge in [-0.2, -0.15) is 39.5 Å². The zero-order valence-corrected chi connectivity index (χ0v) is 22.5. The first kappa shape index (κ1) is 29.8. The summed E-state index contributed by atoms with van der Waals surface area (Å²) in [4.78, 5) is 4.83. The number of hydrogen-bond acceptors (Lipinski definition) is 2. The summed E-state index contributed by atoms with van der Waals surface area (Å²) in [7, 11) is 0. The van der Waals surface area contributed by atoms with E-state index in [1.807, 2.05) is 0 Å². The first-order valence-corrected chi connectivity index (χ1v) is 14.2. The van der Waals surface area contributed by atoms with Crippen LogP contribution in [0.2, 0.25) is 0 Å². The molecule has 6 rings (SSSR count). The van der Waals surface area contributed by atoms with Crippen LogP contribution in [0.4, 0.5) is 39.5 Å². The molecule has 6 fully saturated rings. The van der Waals surface area contributed by atoms with Gasteiger partial charge in [-0.15, -0.1) is 0 Å². The molecular weight excluding hydrogens is 539 g/mol. The number of halogens is 9. The molecule has 226 valence electrons. The maximum absolute atomic E-state index is 15.0. The third kappa shape index (κ3) is 4.53. The number of alkyl halides is 9. The lowest BCUT2D eigenvalue weighted by atomic mass is 9.45. The van der Waals surface area contributed by atoms with Gasteiger partial charge in [-0.3, -0.25) is 5.26 Å². The zero-order valence-electron chi connectivity index (χ0n) is 22.5. The van der Waals surface area contributed by atoms with Crippen molar-refractivity contribution in [2.24, 2.45) is 63.6 Å². The summed E-state index contributed by atoms with van der Waals surface area (Å²) in [6.45, 7) is 2.99. The summed E-state index contributed by atoms with van der Waals surface area (Å²) in [6.07, 6.45) is -14.0. The largest absolute Gasteiger partial charge is 0.402 e. The van der Waals surface area contributed by atoms with Crippen LogP contribution in [0, 0.1) is 63.6 Å². The molecule has 0 amide bonds. The fourth-order valence-electron chi connectivity index (χ4n) is 10.6. The Balaban J connectivity index is 1.44. The second-order valence-electron chi connectivity index (χ2n) is 14.6. The van der Waals surface area contributed by atoms with Gasteiger partial charge in [0.05, 0.1) is 5.41 Å². The first-order valence-electron chi connectivity index (χ1n) is 14.2. The van der Waals surface area contributed by atoms with Crippen molar-refractivity contribution >= 4 is 0 Å². The van der Waals surface area contributed by atoms with Crippen LogP contribution in [0.5, 0.6) is 0 Å². The molecular formula is C28H39F9O2. The molecule has 0 aliphatic heterocycles. The van der Waals surface area contributed by atoms with E-state index in [1.165, 1.54) is 0 Å². The van der Waals surface area contributed by atoms with E-state index in [-0.39, 0.29) is 25.2 Å². The van der Waals surface area contributed by atoms with Gasteiger partial charge in [0.15, 0.2) is 5.41 Å². The van der Waals surface area contributed by atoms with E-state index in [1.54, 1.807) is 6.92 Å². The van der Waals surface area contributed by atoms with E-state index in [4.69, 9.17) is 4.89 Å². The number of hydrogen-bond donors (Lipinski definition) is 1. The van der Waals surface area contributed by atoms with Gasteiger partial charge < -0.3 is 0 Å². The van der Waals surface area contributed by atoms with E-state index in [0.29, 0.717) is 43.4 Å². The van der Waals surface area contributed by atoms with Gasteiger partial charge in [0.1, 0.15) is 6.10 Å². The van der Waals surface area contributed by atoms with Gasteiger partial charge in [0, 0.05) is 5.41 Å². The monoisotopic (exact) mass is 578 g/mol. The maximum Gasteiger partial charge on any atom is 0.402 e. The molecule has 6 aliphatic carbocycles. The average molecular weight is 579 g/mol. The average Bonchev–Trinajstić information content (AvgIpc) is 3.29. The van der Waals surface area contributed by atoms with Crippen molar-refractivity contribution in [3.63, 3.8) is 0 Å². The van der Waals surface area contributed by atoms with Crippen LogP contribution in [0.1, 0.15) is 85.0 Å². The Bertz CT molecular complexity index is 876. The van der Waals surface area contributed by atoms with E-state index in [9.17, 15) is 31.6 Å². The van der Waals surface area contributed by atoms with Gasteiger partial charge in [-0.05, 0) is 125 Å². The molecule has 6 saturated carbocycles. The Morgan fingerprint density at radius 1 is 0.744 bits per heavy atom. The molecule has 7 unspecified atom stereocenters. The standard InChI is InChI=1S/C28H39F9O2/c1-14-18-7-19(12-24(3,27(32,33)34)28(35,36)37)20(8-18)21(14)13-23(2,26(29,30)31)22(39-38)25-9-15-4-16(10-25)6-17(5-15)11-25/h14-22,38H,4-13H2,1-3H3. The third-order valence-electron chi connectivity index (χ3n) is 12.3. The molecule has 2 nitrogen and oxygen atoms in total. The second-order valence-corrected chi connectivity index (χ2v) is 14.6. The van der Waals surface area contributed by atoms with Crippen molar-refractivity contribution in [3.8, 4) is 0 Å². The van der Waals surface area contributed by atoms with Gasteiger partial charge in [-0.1, -0.05) is 6.92 Å². The van der Waals surface area contributed by atoms with Crippen LogP contribution in [-0.4, -0.2) is 29.9 Å². The summed E-state index contributed by atoms with van der Waals surface area (Å²) in [5, 5.41) is 10.1. The minimum Gasteiger partial charge on any atom is -0.251 e. The lowest BCUT2D eigenvalue weighted by molar-refractivity contribution is -0.385. The highest BCUT2D eigenvalue weighted by molar-refractivity contribution is 5.11. The molecule has 11 heteroatoms. The molecule has 0 spiro atoms. The Hall–Kier alpha value is -0.710. The zero-order chi connectivity index (χ0) is 29.0. The van der Waals surface area contributed by atoms with Crippen molar-refractivity contribution in [1.82, 2.24) is 0 Å². The van der Waals surface area contributed by atoms with E-state index in [2.05, 4.69) is 0 Å². The third-order valence-corrected chi connectivity index (χ3v) is 12.3. The minimum atomic E-state index is -5.52. The highest BCUT2D eigenvalue weighted by Gasteiger charge is 2.71. The minimum absolute atomic E-state index is 0.154. The lowest BCUT2D eigenvalue weighted by Gasteiger charge is -2.61. The first-order chi connectivity index (χ1) is 17.7. The van der Waals surface area contributed by atoms with Crippen molar-refractivity contribution in [1.29, 1.82) is 0 Å². The van der Waals surface area contributed by atoms with Crippen molar-refractivity contribution in [2.45, 2.75) is 110 Å². The summed E-state index contributed by atoms with van der Waals surface area (Å²) < 4.78 is 127. The number of rotatable bonds is 7. The lowest BCUT2D eigenvalue weighted by Crippen LogP contribution is -2.61. The SMILES string of the molecule is CC1C2CC(CC(C)(C(F)(F)F)C(F)(F)F)C(C2)C1CC(C)(C(OO)C12CC3CC(CC(C3)C1)C2)C(F)(F)F. The van der Waals surface area contributed by atoms with Crippen LogP contribution < -0.4 is 0 Å². The summed E-state index contributed by atoms with van der Waals surface area (Å²) in [5.41, 5.74) is -7.25. The fraction of sp³-hybridized carbons (Fsp3) is 1.00. The number of fused-ring (bicyclic) bond motifs is 2. The molecule has 0 aromatic carbocycles. The molecule has 0 aromatic rings. The van der Waals surface area contributed by atoms with Crippen LogP contribution in [0.15, 0.2) is 0 Å². The summed E-state index contributed by atoms with van der Waals surface area (Å²) in [5.74, 6) is -1.98. The maximum atomic E-state index is 15.0. The molecule has 0 saturated heterocycles. The Labute approximate surface area is 223 Å². The molecule has 1 N–H and O–H groups in total. The quantitative estimate of drug-likeness (QED) is 0.185. The van der Waals surface area contributed by atoms with E-state index in [0.717, 1.165) is 26.2 Å². The smallest absolute Gasteiger partial charge is 0.251 e. The van der Waals surface area contributed by atoms with Gasteiger partial charge in [-0.25, -0.2) is 4.89 Å². The molecule has 6 bridgehead atoms. The highest BCUT2D eigenvalue weighted by atomic mass is 19.4. The Morgan fingerprint density at radius 3 is 1.62 bits per heavy atom. The molecule has 39 heavy (non-hydrogen) atoms. The van der Waals surface area contributed by atoms with Gasteiger partial charge >= 0.3 is 18.5 Å². The molecule has 7 atom stereocenters. The molecule has 6 aliphatic rings. The summed E-state index contributed by atoms with van der Waals surface area (Å²) in [6, 6.07) is 0. The predicted molar refractivity (Wildman–Crippen MR) is 124 cm³/mol. The Morgan fingerprint density at radius 2 is 1.23 bits per heavy atom. The predicted octanol–water partition coefficient (Wildman–Crippen LogP) is 9.45. The van der Waals surface area contributed by atoms with Gasteiger partial charge in [0.25, 0.3) is 0 Å².